The lowest BCUT2D eigenvalue weighted by Gasteiger charge is -2.28. The monoisotopic (exact) mass is 290 g/mol. The van der Waals surface area contributed by atoms with Crippen LogP contribution in [0.25, 0.3) is 0 Å². The molecule has 2 unspecified atom stereocenters. The molecule has 1 aliphatic heterocycles. The van der Waals surface area contributed by atoms with Crippen molar-refractivity contribution in [2.45, 2.75) is 64.0 Å². The average Bonchev–Trinajstić information content (AvgIpc) is 3.29. The normalized spacial score (nSPS) is 25.6. The fourth-order valence-corrected chi connectivity index (χ4v) is 2.75. The van der Waals surface area contributed by atoms with Crippen LogP contribution in [0.4, 0.5) is 11.6 Å². The lowest BCUT2D eigenvalue weighted by molar-refractivity contribution is 0.0232. The molecule has 5 nitrogen and oxygen atoms in total. The predicted octanol–water partition coefficient (Wildman–Crippen LogP) is 3.16. The summed E-state index contributed by atoms with van der Waals surface area (Å²) in [7, 11) is 0. The highest BCUT2D eigenvalue weighted by Gasteiger charge is 2.28. The van der Waals surface area contributed by atoms with E-state index in [0.717, 1.165) is 49.9 Å². The van der Waals surface area contributed by atoms with E-state index in [1.807, 2.05) is 6.07 Å². The van der Waals surface area contributed by atoms with E-state index in [2.05, 4.69) is 29.5 Å². The minimum Gasteiger partial charge on any atom is -0.378 e. The van der Waals surface area contributed by atoms with Gasteiger partial charge in [-0.2, -0.15) is 0 Å². The number of ether oxygens (including phenoxy) is 1. The molecule has 0 spiro atoms. The predicted molar refractivity (Wildman–Crippen MR) is 84.8 cm³/mol. The third-order valence-corrected chi connectivity index (χ3v) is 4.08. The van der Waals surface area contributed by atoms with Gasteiger partial charge in [-0.25, -0.2) is 9.97 Å². The van der Waals surface area contributed by atoms with Gasteiger partial charge < -0.3 is 15.4 Å². The minimum absolute atomic E-state index is 0.332. The topological polar surface area (TPSA) is 59.1 Å². The highest BCUT2D eigenvalue weighted by atomic mass is 16.5. The summed E-state index contributed by atoms with van der Waals surface area (Å²) < 4.78 is 5.61. The second kappa shape index (κ2) is 6.60. The summed E-state index contributed by atoms with van der Waals surface area (Å²) in [6, 6.07) is 2.50. The molecule has 1 aromatic heterocycles. The first-order valence-corrected chi connectivity index (χ1v) is 8.25. The van der Waals surface area contributed by atoms with Gasteiger partial charge in [0.2, 0.25) is 0 Å². The maximum atomic E-state index is 5.61. The van der Waals surface area contributed by atoms with Crippen LogP contribution in [0.2, 0.25) is 0 Å². The Kier molecular flexibility index (Phi) is 4.58. The zero-order chi connectivity index (χ0) is 14.7. The van der Waals surface area contributed by atoms with Crippen LogP contribution < -0.4 is 10.6 Å². The van der Waals surface area contributed by atoms with Crippen LogP contribution in [0.1, 0.15) is 57.7 Å². The van der Waals surface area contributed by atoms with Gasteiger partial charge in [0.1, 0.15) is 17.5 Å². The first kappa shape index (κ1) is 14.6. The first-order chi connectivity index (χ1) is 10.2. The molecule has 2 N–H and O–H groups in total. The standard InChI is InChI=1S/C16H26N4O/c1-3-7-17-14-10-15(20-16(19-14)12-4-5-12)18-13-6-8-21-11(2)9-13/h10-13H,3-9H2,1-2H3,(H2,17,18,19,20). The third-order valence-electron chi connectivity index (χ3n) is 4.08. The van der Waals surface area contributed by atoms with Crippen molar-refractivity contribution in [2.75, 3.05) is 23.8 Å². The van der Waals surface area contributed by atoms with E-state index in [-0.39, 0.29) is 0 Å². The molecular formula is C16H26N4O. The van der Waals surface area contributed by atoms with Crippen LogP contribution in [0.5, 0.6) is 0 Å². The molecule has 0 amide bonds. The highest BCUT2D eigenvalue weighted by molar-refractivity contribution is 5.48. The number of nitrogens with zero attached hydrogens (tertiary/aromatic N) is 2. The van der Waals surface area contributed by atoms with E-state index in [1.54, 1.807) is 0 Å². The zero-order valence-electron chi connectivity index (χ0n) is 13.1. The van der Waals surface area contributed by atoms with Gasteiger partial charge in [0.15, 0.2) is 0 Å². The summed E-state index contributed by atoms with van der Waals surface area (Å²) in [5.41, 5.74) is 0. The van der Waals surface area contributed by atoms with Crippen LogP contribution in [-0.2, 0) is 4.74 Å². The molecule has 1 aliphatic carbocycles. The molecule has 0 radical (unpaired) electrons. The highest BCUT2D eigenvalue weighted by Crippen LogP contribution is 2.39. The molecule has 0 aromatic carbocycles. The summed E-state index contributed by atoms with van der Waals surface area (Å²) in [6.07, 6.45) is 5.98. The summed E-state index contributed by atoms with van der Waals surface area (Å²) in [5.74, 6) is 3.49. The van der Waals surface area contributed by atoms with E-state index in [4.69, 9.17) is 9.72 Å². The molecule has 116 valence electrons. The van der Waals surface area contributed by atoms with Gasteiger partial charge in [0, 0.05) is 31.2 Å². The Labute approximate surface area is 126 Å². The Morgan fingerprint density at radius 3 is 2.76 bits per heavy atom. The van der Waals surface area contributed by atoms with Gasteiger partial charge >= 0.3 is 0 Å². The molecule has 2 heterocycles. The quantitative estimate of drug-likeness (QED) is 0.843. The van der Waals surface area contributed by atoms with Crippen molar-refractivity contribution >= 4 is 11.6 Å². The van der Waals surface area contributed by atoms with Gasteiger partial charge in [-0.1, -0.05) is 6.92 Å². The Morgan fingerprint density at radius 2 is 2.05 bits per heavy atom. The minimum atomic E-state index is 0.332. The second-order valence-electron chi connectivity index (χ2n) is 6.24. The molecule has 5 heteroatoms. The van der Waals surface area contributed by atoms with E-state index >= 15 is 0 Å². The van der Waals surface area contributed by atoms with Gasteiger partial charge in [0.25, 0.3) is 0 Å². The largest absolute Gasteiger partial charge is 0.378 e. The molecule has 21 heavy (non-hydrogen) atoms. The molecule has 1 saturated heterocycles. The smallest absolute Gasteiger partial charge is 0.136 e. The molecule has 3 rings (SSSR count). The summed E-state index contributed by atoms with van der Waals surface area (Å²) in [5, 5.41) is 6.97. The van der Waals surface area contributed by atoms with Crippen LogP contribution in [-0.4, -0.2) is 35.3 Å². The number of hydrogen-bond acceptors (Lipinski definition) is 5. The van der Waals surface area contributed by atoms with Crippen molar-refractivity contribution in [3.8, 4) is 0 Å². The lowest BCUT2D eigenvalue weighted by Crippen LogP contribution is -2.32. The third kappa shape index (κ3) is 4.06. The van der Waals surface area contributed by atoms with Crippen LogP contribution >= 0.6 is 0 Å². The van der Waals surface area contributed by atoms with E-state index in [9.17, 15) is 0 Å². The molecule has 1 aromatic rings. The lowest BCUT2D eigenvalue weighted by atomic mass is 10.0. The van der Waals surface area contributed by atoms with Crippen molar-refractivity contribution in [1.82, 2.24) is 9.97 Å². The zero-order valence-corrected chi connectivity index (χ0v) is 13.1. The van der Waals surface area contributed by atoms with E-state index < -0.39 is 0 Å². The Morgan fingerprint density at radius 1 is 1.24 bits per heavy atom. The number of nitrogens with one attached hydrogen (secondary N) is 2. The number of rotatable bonds is 6. The Balaban J connectivity index is 1.71. The summed E-state index contributed by atoms with van der Waals surface area (Å²) >= 11 is 0. The van der Waals surface area contributed by atoms with Gasteiger partial charge in [-0.3, -0.25) is 0 Å². The van der Waals surface area contributed by atoms with E-state index in [1.165, 1.54) is 12.8 Å². The van der Waals surface area contributed by atoms with E-state index in [0.29, 0.717) is 18.1 Å². The molecule has 0 bridgehead atoms. The van der Waals surface area contributed by atoms with Crippen molar-refractivity contribution < 1.29 is 4.74 Å². The average molecular weight is 290 g/mol. The van der Waals surface area contributed by atoms with Crippen LogP contribution in [0.15, 0.2) is 6.07 Å². The number of hydrogen-bond donors (Lipinski definition) is 2. The van der Waals surface area contributed by atoms with Crippen molar-refractivity contribution in [2.24, 2.45) is 0 Å². The summed E-state index contributed by atoms with van der Waals surface area (Å²) in [4.78, 5) is 9.37. The molecule has 1 saturated carbocycles. The maximum Gasteiger partial charge on any atom is 0.136 e. The van der Waals surface area contributed by atoms with Gasteiger partial charge in [0.05, 0.1) is 6.10 Å². The first-order valence-electron chi connectivity index (χ1n) is 8.25. The van der Waals surface area contributed by atoms with Crippen molar-refractivity contribution in [3.05, 3.63) is 11.9 Å². The summed E-state index contributed by atoms with van der Waals surface area (Å²) in [6.45, 7) is 6.09. The Bertz CT molecular complexity index is 475. The SMILES string of the molecule is CCCNc1cc(NC2CCOC(C)C2)nc(C2CC2)n1. The maximum absolute atomic E-state index is 5.61. The van der Waals surface area contributed by atoms with Crippen LogP contribution in [0, 0.1) is 0 Å². The van der Waals surface area contributed by atoms with Gasteiger partial charge in [-0.05, 0) is 39.0 Å². The fraction of sp³-hybridized carbons (Fsp3) is 0.750. The molecule has 2 aliphatic rings. The fourth-order valence-electron chi connectivity index (χ4n) is 2.75. The van der Waals surface area contributed by atoms with Crippen molar-refractivity contribution in [1.29, 1.82) is 0 Å². The van der Waals surface area contributed by atoms with Crippen LogP contribution in [0.3, 0.4) is 0 Å². The van der Waals surface area contributed by atoms with Crippen molar-refractivity contribution in [3.63, 3.8) is 0 Å². The Hall–Kier alpha value is -1.36. The van der Waals surface area contributed by atoms with Gasteiger partial charge in [-0.15, -0.1) is 0 Å². The number of aromatic nitrogens is 2. The molecular weight excluding hydrogens is 264 g/mol. The molecule has 2 fully saturated rings. The molecule has 2 atom stereocenters. The number of anilines is 2. The second-order valence-corrected chi connectivity index (χ2v) is 6.24.